The molecule has 0 aliphatic carbocycles. The van der Waals surface area contributed by atoms with Gasteiger partial charge in [0.15, 0.2) is 21.6 Å². The van der Waals surface area contributed by atoms with E-state index in [1.54, 1.807) is 25.3 Å². The lowest BCUT2D eigenvalue weighted by Gasteiger charge is -2.11. The number of Topliss-reactive ketones (excluding diaryl/α,β-unsaturated/α-hetero) is 1. The maximum absolute atomic E-state index is 12.4. The predicted octanol–water partition coefficient (Wildman–Crippen LogP) is 2.50. The summed E-state index contributed by atoms with van der Waals surface area (Å²) in [7, 11) is 3.09. The van der Waals surface area contributed by atoms with Crippen LogP contribution in [0.3, 0.4) is 0 Å². The first-order valence-electron chi connectivity index (χ1n) is 6.07. The molecule has 0 fully saturated rings. The van der Waals surface area contributed by atoms with Crippen LogP contribution in [0.5, 0.6) is 11.5 Å². The summed E-state index contributed by atoms with van der Waals surface area (Å²) >= 11 is 2.60. The number of carbonyl (C=O) groups is 1. The van der Waals surface area contributed by atoms with Crippen LogP contribution in [0.25, 0.3) is 0 Å². The van der Waals surface area contributed by atoms with Gasteiger partial charge in [0, 0.05) is 5.56 Å². The molecule has 0 bridgehead atoms. The zero-order chi connectivity index (χ0) is 15.4. The minimum atomic E-state index is -0.296. The number of rotatable bonds is 6. The van der Waals surface area contributed by atoms with Crippen molar-refractivity contribution in [2.75, 3.05) is 20.0 Å². The minimum Gasteiger partial charge on any atom is -0.493 e. The second-order valence-electron chi connectivity index (χ2n) is 4.10. The highest BCUT2D eigenvalue weighted by Crippen LogP contribution is 2.32. The number of hydrogen-bond acceptors (Lipinski definition) is 8. The van der Waals surface area contributed by atoms with Crippen molar-refractivity contribution in [1.29, 1.82) is 0 Å². The van der Waals surface area contributed by atoms with Gasteiger partial charge in [-0.2, -0.15) is 0 Å². The van der Waals surface area contributed by atoms with Crippen molar-refractivity contribution in [2.45, 2.75) is 16.5 Å². The largest absolute Gasteiger partial charge is 0.493 e. The van der Waals surface area contributed by atoms with Gasteiger partial charge in [-0.15, -0.1) is 10.2 Å². The number of ketones is 1. The Hall–Kier alpha value is -1.80. The Kier molecular flexibility index (Phi) is 5.03. The molecule has 1 unspecified atom stereocenters. The van der Waals surface area contributed by atoms with Crippen LogP contribution in [0.4, 0.5) is 5.13 Å². The van der Waals surface area contributed by atoms with E-state index in [2.05, 4.69) is 10.2 Å². The van der Waals surface area contributed by atoms with Crippen LogP contribution < -0.4 is 15.2 Å². The van der Waals surface area contributed by atoms with Gasteiger partial charge in [-0.25, -0.2) is 0 Å². The van der Waals surface area contributed by atoms with E-state index in [1.807, 2.05) is 6.92 Å². The summed E-state index contributed by atoms with van der Waals surface area (Å²) in [4.78, 5) is 12.4. The third-order valence-corrected chi connectivity index (χ3v) is 4.67. The monoisotopic (exact) mass is 325 g/mol. The van der Waals surface area contributed by atoms with Crippen molar-refractivity contribution >= 4 is 34.0 Å². The van der Waals surface area contributed by atoms with Gasteiger partial charge in [-0.1, -0.05) is 23.1 Å². The van der Waals surface area contributed by atoms with Crippen molar-refractivity contribution in [3.05, 3.63) is 23.8 Å². The zero-order valence-electron chi connectivity index (χ0n) is 11.8. The smallest absolute Gasteiger partial charge is 0.203 e. The molecule has 0 saturated heterocycles. The molecule has 1 atom stereocenters. The van der Waals surface area contributed by atoms with E-state index in [-0.39, 0.29) is 11.0 Å². The van der Waals surface area contributed by atoms with E-state index in [4.69, 9.17) is 15.2 Å². The molecule has 0 radical (unpaired) electrons. The van der Waals surface area contributed by atoms with Crippen molar-refractivity contribution in [2.24, 2.45) is 0 Å². The maximum atomic E-state index is 12.4. The first-order chi connectivity index (χ1) is 10.0. The molecular weight excluding hydrogens is 310 g/mol. The van der Waals surface area contributed by atoms with Crippen molar-refractivity contribution in [3.8, 4) is 11.5 Å². The van der Waals surface area contributed by atoms with Crippen molar-refractivity contribution in [3.63, 3.8) is 0 Å². The molecule has 1 heterocycles. The Balaban J connectivity index is 2.15. The van der Waals surface area contributed by atoms with E-state index in [0.717, 1.165) is 0 Å². The summed E-state index contributed by atoms with van der Waals surface area (Å²) < 4.78 is 11.0. The molecule has 2 aromatic rings. The molecular formula is C13H15N3O3S2. The number of nitrogens with two attached hydrogens (primary N) is 1. The maximum Gasteiger partial charge on any atom is 0.203 e. The number of nitrogen functional groups attached to an aromatic ring is 1. The molecule has 6 nitrogen and oxygen atoms in total. The minimum absolute atomic E-state index is 0.0188. The van der Waals surface area contributed by atoms with Crippen LogP contribution in [0, 0.1) is 0 Å². The number of carbonyl (C=O) groups excluding carboxylic acids is 1. The standard InChI is InChI=1S/C13H15N3O3S2/c1-7(20-13-16-15-12(14)21-13)11(17)8-4-5-9(18-2)10(6-8)19-3/h4-7H,1-3H3,(H2,14,15). The number of benzene rings is 1. The SMILES string of the molecule is COc1ccc(C(=O)C(C)Sc2nnc(N)s2)cc1OC. The highest BCUT2D eigenvalue weighted by atomic mass is 32.2. The van der Waals surface area contributed by atoms with E-state index >= 15 is 0 Å². The Morgan fingerprint density at radius 3 is 2.57 bits per heavy atom. The number of nitrogens with zero attached hydrogens (tertiary/aromatic N) is 2. The fraction of sp³-hybridized carbons (Fsp3) is 0.308. The lowest BCUT2D eigenvalue weighted by atomic mass is 10.1. The third-order valence-electron chi connectivity index (χ3n) is 2.74. The molecule has 0 saturated carbocycles. The number of ether oxygens (including phenoxy) is 2. The predicted molar refractivity (Wildman–Crippen MR) is 83.5 cm³/mol. The van der Waals surface area contributed by atoms with E-state index < -0.39 is 0 Å². The summed E-state index contributed by atoms with van der Waals surface area (Å²) in [6, 6.07) is 5.11. The number of anilines is 1. The lowest BCUT2D eigenvalue weighted by Crippen LogP contribution is -2.13. The number of hydrogen-bond donors (Lipinski definition) is 1. The Morgan fingerprint density at radius 1 is 1.29 bits per heavy atom. The molecule has 0 aliphatic heterocycles. The van der Waals surface area contributed by atoms with Gasteiger partial charge >= 0.3 is 0 Å². The number of methoxy groups -OCH3 is 2. The molecule has 0 amide bonds. The van der Waals surface area contributed by atoms with Crippen molar-refractivity contribution < 1.29 is 14.3 Å². The Labute approximate surface area is 130 Å². The molecule has 21 heavy (non-hydrogen) atoms. The number of aromatic nitrogens is 2. The van der Waals surface area contributed by atoms with Crippen LogP contribution in [-0.2, 0) is 0 Å². The summed E-state index contributed by atoms with van der Waals surface area (Å²) in [5.74, 6) is 1.10. The van der Waals surface area contributed by atoms with Crippen molar-refractivity contribution in [1.82, 2.24) is 10.2 Å². The average Bonchev–Trinajstić information content (AvgIpc) is 2.90. The van der Waals surface area contributed by atoms with Gasteiger partial charge in [-0.3, -0.25) is 4.79 Å². The molecule has 1 aromatic heterocycles. The first-order valence-corrected chi connectivity index (χ1v) is 7.76. The molecule has 0 aliphatic rings. The van der Waals surface area contributed by atoms with E-state index in [1.165, 1.54) is 30.2 Å². The summed E-state index contributed by atoms with van der Waals surface area (Å²) in [6.07, 6.45) is 0. The summed E-state index contributed by atoms with van der Waals surface area (Å²) in [6.45, 7) is 1.82. The first kappa shape index (κ1) is 15.6. The van der Waals surface area contributed by atoms with Gasteiger partial charge in [-0.05, 0) is 25.1 Å². The summed E-state index contributed by atoms with van der Waals surface area (Å²) in [5.41, 5.74) is 6.09. The fourth-order valence-corrected chi connectivity index (χ4v) is 3.55. The molecule has 2 N–H and O–H groups in total. The van der Waals surface area contributed by atoms with Crippen LogP contribution >= 0.6 is 23.1 Å². The third kappa shape index (κ3) is 3.64. The van der Waals surface area contributed by atoms with Crippen LogP contribution in [-0.4, -0.2) is 35.5 Å². The molecule has 0 spiro atoms. The van der Waals surface area contributed by atoms with Crippen LogP contribution in [0.15, 0.2) is 22.5 Å². The Bertz CT molecular complexity index is 645. The second kappa shape index (κ2) is 6.77. The zero-order valence-corrected chi connectivity index (χ0v) is 13.5. The average molecular weight is 325 g/mol. The lowest BCUT2D eigenvalue weighted by molar-refractivity contribution is 0.0993. The van der Waals surface area contributed by atoms with Gasteiger partial charge in [0.1, 0.15) is 0 Å². The van der Waals surface area contributed by atoms with Gasteiger partial charge in [0.25, 0.3) is 0 Å². The quantitative estimate of drug-likeness (QED) is 0.645. The molecule has 1 aromatic carbocycles. The normalized spacial score (nSPS) is 12.0. The topological polar surface area (TPSA) is 87.3 Å². The second-order valence-corrected chi connectivity index (χ2v) is 6.70. The van der Waals surface area contributed by atoms with Crippen LogP contribution in [0.2, 0.25) is 0 Å². The van der Waals surface area contributed by atoms with Crippen LogP contribution in [0.1, 0.15) is 17.3 Å². The highest BCUT2D eigenvalue weighted by Gasteiger charge is 2.20. The van der Waals surface area contributed by atoms with Gasteiger partial charge < -0.3 is 15.2 Å². The molecule has 2 rings (SSSR count). The Morgan fingerprint density at radius 2 is 2.00 bits per heavy atom. The molecule has 112 valence electrons. The van der Waals surface area contributed by atoms with Gasteiger partial charge in [0.2, 0.25) is 5.13 Å². The molecule has 8 heteroatoms. The highest BCUT2D eigenvalue weighted by molar-refractivity contribution is 8.02. The fourth-order valence-electron chi connectivity index (χ4n) is 1.70. The van der Waals surface area contributed by atoms with E-state index in [0.29, 0.717) is 26.5 Å². The summed E-state index contributed by atoms with van der Waals surface area (Å²) in [5, 5.41) is 7.73. The van der Waals surface area contributed by atoms with E-state index in [9.17, 15) is 4.79 Å². The van der Waals surface area contributed by atoms with Gasteiger partial charge in [0.05, 0.1) is 19.5 Å². The number of thioether (sulfide) groups is 1.